The third kappa shape index (κ3) is 1.95. The highest BCUT2D eigenvalue weighted by Gasteiger charge is 2.13. The van der Waals surface area contributed by atoms with E-state index in [1.165, 1.54) is 0 Å². The van der Waals surface area contributed by atoms with Gasteiger partial charge in [0.15, 0.2) is 11.6 Å². The van der Waals surface area contributed by atoms with Crippen LogP contribution in [-0.4, -0.2) is 30.0 Å². The Bertz CT molecular complexity index is 725. The molecule has 3 rings (SSSR count). The largest absolute Gasteiger partial charge is 0.398 e. The minimum absolute atomic E-state index is 0.616. The van der Waals surface area contributed by atoms with Crippen molar-refractivity contribution in [2.24, 2.45) is 7.05 Å². The molecule has 0 saturated carbocycles. The van der Waals surface area contributed by atoms with Gasteiger partial charge in [-0.2, -0.15) is 9.78 Å². The van der Waals surface area contributed by atoms with Crippen molar-refractivity contribution in [2.75, 3.05) is 5.73 Å². The fourth-order valence-electron chi connectivity index (χ4n) is 1.82. The smallest absolute Gasteiger partial charge is 0.189 e. The molecule has 2 aromatic heterocycles. The monoisotopic (exact) mass is 255 g/mol. The molecular formula is C12H13N7. The lowest BCUT2D eigenvalue weighted by molar-refractivity contribution is 0.715. The van der Waals surface area contributed by atoms with Crippen molar-refractivity contribution < 1.29 is 0 Å². The van der Waals surface area contributed by atoms with E-state index in [4.69, 9.17) is 5.73 Å². The zero-order valence-electron chi connectivity index (χ0n) is 10.6. The maximum atomic E-state index is 5.92. The second-order valence-electron chi connectivity index (χ2n) is 4.33. The standard InChI is InChI=1S/C12H13N7/c1-8-3-4-9(7-10(8)13)12-14-16-17-19(12)11-5-6-18(2)15-11/h3-7H,13H2,1-2H3. The van der Waals surface area contributed by atoms with Gasteiger partial charge in [0.25, 0.3) is 0 Å². The molecule has 7 heteroatoms. The van der Waals surface area contributed by atoms with Crippen LogP contribution in [0.2, 0.25) is 0 Å². The van der Waals surface area contributed by atoms with Crippen molar-refractivity contribution in [1.82, 2.24) is 30.0 Å². The van der Waals surface area contributed by atoms with Crippen LogP contribution in [0.15, 0.2) is 30.5 Å². The van der Waals surface area contributed by atoms with Gasteiger partial charge in [-0.1, -0.05) is 12.1 Å². The van der Waals surface area contributed by atoms with Gasteiger partial charge >= 0.3 is 0 Å². The van der Waals surface area contributed by atoms with Crippen LogP contribution < -0.4 is 5.73 Å². The molecule has 19 heavy (non-hydrogen) atoms. The number of hydrogen-bond acceptors (Lipinski definition) is 5. The summed E-state index contributed by atoms with van der Waals surface area (Å²) in [4.78, 5) is 0. The summed E-state index contributed by atoms with van der Waals surface area (Å²) in [5.41, 5.74) is 8.53. The zero-order chi connectivity index (χ0) is 13.4. The Kier molecular flexibility index (Phi) is 2.52. The summed E-state index contributed by atoms with van der Waals surface area (Å²) in [5.74, 6) is 1.28. The van der Waals surface area contributed by atoms with Gasteiger partial charge in [-0.05, 0) is 29.0 Å². The summed E-state index contributed by atoms with van der Waals surface area (Å²) in [5, 5.41) is 16.0. The van der Waals surface area contributed by atoms with Gasteiger partial charge in [0.05, 0.1) is 0 Å². The van der Waals surface area contributed by atoms with E-state index in [0.29, 0.717) is 17.3 Å². The van der Waals surface area contributed by atoms with E-state index in [9.17, 15) is 0 Å². The first-order chi connectivity index (χ1) is 9.15. The molecule has 7 nitrogen and oxygen atoms in total. The Labute approximate surface area is 109 Å². The molecule has 0 spiro atoms. The molecule has 96 valence electrons. The maximum absolute atomic E-state index is 5.92. The first-order valence-electron chi connectivity index (χ1n) is 5.80. The van der Waals surface area contributed by atoms with Crippen molar-refractivity contribution in [3.8, 4) is 17.2 Å². The van der Waals surface area contributed by atoms with Crippen molar-refractivity contribution in [2.45, 2.75) is 6.92 Å². The number of tetrazole rings is 1. The lowest BCUT2D eigenvalue weighted by Gasteiger charge is -2.04. The van der Waals surface area contributed by atoms with Crippen LogP contribution in [0, 0.1) is 6.92 Å². The van der Waals surface area contributed by atoms with Crippen LogP contribution in [0.4, 0.5) is 5.69 Å². The van der Waals surface area contributed by atoms with E-state index in [2.05, 4.69) is 20.6 Å². The molecule has 0 unspecified atom stereocenters. The Hall–Kier alpha value is -2.70. The first kappa shape index (κ1) is 11.4. The van der Waals surface area contributed by atoms with Crippen molar-refractivity contribution in [3.05, 3.63) is 36.0 Å². The SMILES string of the molecule is Cc1ccc(-c2nnnn2-c2ccn(C)n2)cc1N. The van der Waals surface area contributed by atoms with Gasteiger partial charge in [0.2, 0.25) is 0 Å². The number of nitrogens with zero attached hydrogens (tertiary/aromatic N) is 6. The zero-order valence-corrected chi connectivity index (χ0v) is 10.6. The number of nitrogen functional groups attached to an aromatic ring is 1. The second-order valence-corrected chi connectivity index (χ2v) is 4.33. The summed E-state index contributed by atoms with van der Waals surface area (Å²) in [7, 11) is 1.84. The van der Waals surface area contributed by atoms with Crippen molar-refractivity contribution >= 4 is 5.69 Å². The normalized spacial score (nSPS) is 10.8. The maximum Gasteiger partial charge on any atom is 0.189 e. The van der Waals surface area contributed by atoms with E-state index >= 15 is 0 Å². The molecule has 0 atom stereocenters. The topological polar surface area (TPSA) is 87.4 Å². The Morgan fingerprint density at radius 2 is 2.05 bits per heavy atom. The van der Waals surface area contributed by atoms with Gasteiger partial charge in [-0.3, -0.25) is 4.68 Å². The first-order valence-corrected chi connectivity index (χ1v) is 5.80. The number of rotatable bonds is 2. The molecule has 0 bridgehead atoms. The second kappa shape index (κ2) is 4.20. The van der Waals surface area contributed by atoms with Crippen LogP contribution in [0.5, 0.6) is 0 Å². The predicted molar refractivity (Wildman–Crippen MR) is 70.5 cm³/mol. The summed E-state index contributed by atoms with van der Waals surface area (Å²) in [6.07, 6.45) is 1.84. The summed E-state index contributed by atoms with van der Waals surface area (Å²) in [6, 6.07) is 7.59. The summed E-state index contributed by atoms with van der Waals surface area (Å²) < 4.78 is 3.29. The molecule has 3 aromatic rings. The third-order valence-corrected chi connectivity index (χ3v) is 2.92. The van der Waals surface area contributed by atoms with Gasteiger partial charge in [0.1, 0.15) is 0 Å². The summed E-state index contributed by atoms with van der Waals surface area (Å²) >= 11 is 0. The molecule has 0 radical (unpaired) electrons. The highest BCUT2D eigenvalue weighted by atomic mass is 15.6. The number of nitrogens with two attached hydrogens (primary N) is 1. The minimum Gasteiger partial charge on any atom is -0.398 e. The molecule has 0 aliphatic heterocycles. The molecule has 0 aliphatic rings. The van der Waals surface area contributed by atoms with Crippen LogP contribution >= 0.6 is 0 Å². The van der Waals surface area contributed by atoms with Crippen LogP contribution in [0.1, 0.15) is 5.56 Å². The number of hydrogen-bond donors (Lipinski definition) is 1. The van der Waals surface area contributed by atoms with Gasteiger partial charge in [0, 0.05) is 30.6 Å². The number of aromatic nitrogens is 6. The quantitative estimate of drug-likeness (QED) is 0.689. The van der Waals surface area contributed by atoms with Crippen LogP contribution in [0.25, 0.3) is 17.2 Å². The van der Waals surface area contributed by atoms with E-state index < -0.39 is 0 Å². The van der Waals surface area contributed by atoms with E-state index in [-0.39, 0.29) is 0 Å². The third-order valence-electron chi connectivity index (χ3n) is 2.92. The average Bonchev–Trinajstić information content (AvgIpc) is 3.00. The lowest BCUT2D eigenvalue weighted by Crippen LogP contribution is -2.02. The Morgan fingerprint density at radius 3 is 2.74 bits per heavy atom. The highest BCUT2D eigenvalue weighted by molar-refractivity contribution is 5.64. The predicted octanol–water partition coefficient (Wildman–Crippen LogP) is 0.953. The van der Waals surface area contributed by atoms with Gasteiger partial charge in [-0.25, -0.2) is 0 Å². The van der Waals surface area contributed by atoms with Crippen LogP contribution in [0.3, 0.4) is 0 Å². The number of aryl methyl sites for hydroxylation is 2. The van der Waals surface area contributed by atoms with Crippen molar-refractivity contribution in [1.29, 1.82) is 0 Å². The van der Waals surface area contributed by atoms with E-state index in [1.807, 2.05) is 44.4 Å². The lowest BCUT2D eigenvalue weighted by atomic mass is 10.1. The minimum atomic E-state index is 0.616. The van der Waals surface area contributed by atoms with Crippen molar-refractivity contribution in [3.63, 3.8) is 0 Å². The molecule has 2 heterocycles. The Morgan fingerprint density at radius 1 is 1.21 bits per heavy atom. The fraction of sp³-hybridized carbons (Fsp3) is 0.167. The molecule has 0 saturated heterocycles. The molecule has 0 amide bonds. The molecule has 0 fully saturated rings. The summed E-state index contributed by atoms with van der Waals surface area (Å²) in [6.45, 7) is 1.96. The van der Waals surface area contributed by atoms with Gasteiger partial charge < -0.3 is 5.73 Å². The number of benzene rings is 1. The van der Waals surface area contributed by atoms with E-state index in [0.717, 1.165) is 11.1 Å². The average molecular weight is 255 g/mol. The van der Waals surface area contributed by atoms with Crippen LogP contribution in [-0.2, 0) is 7.05 Å². The van der Waals surface area contributed by atoms with E-state index in [1.54, 1.807) is 9.36 Å². The number of anilines is 1. The molecule has 1 aromatic carbocycles. The molecule has 0 aliphatic carbocycles. The fourth-order valence-corrected chi connectivity index (χ4v) is 1.82. The molecular weight excluding hydrogens is 242 g/mol. The Balaban J connectivity index is 2.11. The van der Waals surface area contributed by atoms with Gasteiger partial charge in [-0.15, -0.1) is 5.10 Å². The highest BCUT2D eigenvalue weighted by Crippen LogP contribution is 2.22. The molecule has 2 N–H and O–H groups in total.